The lowest BCUT2D eigenvalue weighted by Gasteiger charge is -2.35. The van der Waals surface area contributed by atoms with E-state index in [0.717, 1.165) is 12.1 Å². The maximum Gasteiger partial charge on any atom is 0.321 e. The van der Waals surface area contributed by atoms with Gasteiger partial charge in [-0.25, -0.2) is 8.78 Å². The van der Waals surface area contributed by atoms with Crippen LogP contribution in [0.1, 0.15) is 10.4 Å². The number of piperazine rings is 1. The van der Waals surface area contributed by atoms with Crippen molar-refractivity contribution in [2.45, 2.75) is 0 Å². The zero-order chi connectivity index (χ0) is 18.7. The average molecular weight is 364 g/mol. The van der Waals surface area contributed by atoms with Gasteiger partial charge in [0.2, 0.25) is 5.88 Å². The van der Waals surface area contributed by atoms with E-state index in [1.54, 1.807) is 6.07 Å². The Morgan fingerprint density at radius 2 is 1.69 bits per heavy atom. The van der Waals surface area contributed by atoms with E-state index in [9.17, 15) is 13.6 Å². The molecule has 0 spiro atoms. The third-order valence-corrected chi connectivity index (χ3v) is 4.13. The Balaban J connectivity index is 1.72. The van der Waals surface area contributed by atoms with E-state index in [4.69, 9.17) is 9.47 Å². The highest BCUT2D eigenvalue weighted by Crippen LogP contribution is 2.23. The third kappa shape index (κ3) is 3.51. The molecule has 0 saturated carbocycles. The first-order chi connectivity index (χ1) is 12.5. The number of methoxy groups -OCH3 is 2. The van der Waals surface area contributed by atoms with Crippen molar-refractivity contribution in [3.05, 3.63) is 41.5 Å². The maximum absolute atomic E-state index is 13.8. The zero-order valence-corrected chi connectivity index (χ0v) is 14.4. The molecule has 1 aromatic carbocycles. The fourth-order valence-electron chi connectivity index (χ4n) is 2.75. The van der Waals surface area contributed by atoms with E-state index in [1.165, 1.54) is 25.2 Å². The molecule has 1 amide bonds. The van der Waals surface area contributed by atoms with Crippen molar-refractivity contribution in [2.24, 2.45) is 0 Å². The molecule has 2 heterocycles. The van der Waals surface area contributed by atoms with Gasteiger partial charge < -0.3 is 19.3 Å². The Labute approximate surface area is 149 Å². The van der Waals surface area contributed by atoms with Crippen LogP contribution in [0.3, 0.4) is 0 Å². The molecule has 1 aliphatic rings. The lowest BCUT2D eigenvalue weighted by molar-refractivity contribution is 0.0736. The summed E-state index contributed by atoms with van der Waals surface area (Å²) in [5.74, 6) is -1.42. The van der Waals surface area contributed by atoms with Gasteiger partial charge in [0, 0.05) is 32.2 Å². The molecule has 26 heavy (non-hydrogen) atoms. The second-order valence-corrected chi connectivity index (χ2v) is 5.63. The second kappa shape index (κ2) is 7.51. The summed E-state index contributed by atoms with van der Waals surface area (Å²) in [4.78, 5) is 24.1. The van der Waals surface area contributed by atoms with Crippen LogP contribution in [0.15, 0.2) is 24.3 Å². The van der Waals surface area contributed by atoms with Crippen LogP contribution in [-0.2, 0) is 0 Å². The predicted molar refractivity (Wildman–Crippen MR) is 89.6 cm³/mol. The number of ether oxygens (including phenoxy) is 2. The summed E-state index contributed by atoms with van der Waals surface area (Å²) < 4.78 is 37.8. The van der Waals surface area contributed by atoms with Crippen molar-refractivity contribution < 1.29 is 23.0 Å². The molecule has 1 fully saturated rings. The van der Waals surface area contributed by atoms with Gasteiger partial charge in [-0.2, -0.15) is 9.97 Å². The number of nitrogens with zero attached hydrogens (tertiary/aromatic N) is 4. The summed E-state index contributed by atoms with van der Waals surface area (Å²) in [6.07, 6.45) is 0. The Kier molecular flexibility index (Phi) is 5.15. The number of benzene rings is 1. The predicted octanol–water partition coefficient (Wildman–Crippen LogP) is 1.73. The molecule has 0 bridgehead atoms. The van der Waals surface area contributed by atoms with Crippen LogP contribution < -0.4 is 14.4 Å². The molecule has 7 nitrogen and oxygen atoms in total. The highest BCUT2D eigenvalue weighted by atomic mass is 19.1. The molecular weight excluding hydrogens is 346 g/mol. The summed E-state index contributed by atoms with van der Waals surface area (Å²) in [7, 11) is 2.95. The number of rotatable bonds is 4. The highest BCUT2D eigenvalue weighted by molar-refractivity contribution is 5.95. The van der Waals surface area contributed by atoms with Gasteiger partial charge in [0.25, 0.3) is 5.91 Å². The second-order valence-electron chi connectivity index (χ2n) is 5.63. The Morgan fingerprint density at radius 1 is 1.04 bits per heavy atom. The number of aromatic nitrogens is 2. The molecule has 0 N–H and O–H groups in total. The normalized spacial score (nSPS) is 14.3. The first-order valence-electron chi connectivity index (χ1n) is 7.98. The van der Waals surface area contributed by atoms with Gasteiger partial charge in [-0.05, 0) is 12.1 Å². The van der Waals surface area contributed by atoms with E-state index in [-0.39, 0.29) is 6.01 Å². The van der Waals surface area contributed by atoms with Crippen molar-refractivity contribution >= 4 is 11.7 Å². The van der Waals surface area contributed by atoms with Gasteiger partial charge in [0.1, 0.15) is 23.0 Å². The lowest BCUT2D eigenvalue weighted by atomic mass is 10.1. The van der Waals surface area contributed by atoms with Crippen LogP contribution >= 0.6 is 0 Å². The van der Waals surface area contributed by atoms with Gasteiger partial charge >= 0.3 is 6.01 Å². The van der Waals surface area contributed by atoms with Crippen LogP contribution in [0.5, 0.6) is 11.9 Å². The number of hydrogen-bond donors (Lipinski definition) is 0. The minimum absolute atomic E-state index is 0.172. The molecule has 9 heteroatoms. The number of amides is 1. The molecule has 1 saturated heterocycles. The fraction of sp³-hybridized carbons (Fsp3) is 0.353. The first-order valence-corrected chi connectivity index (χ1v) is 7.98. The molecule has 2 aromatic rings. The van der Waals surface area contributed by atoms with E-state index < -0.39 is 23.1 Å². The number of anilines is 1. The first kappa shape index (κ1) is 17.8. The molecule has 1 aliphatic heterocycles. The molecule has 3 rings (SSSR count). The topological polar surface area (TPSA) is 67.8 Å². The summed E-state index contributed by atoms with van der Waals surface area (Å²) in [6.45, 7) is 1.51. The third-order valence-electron chi connectivity index (χ3n) is 4.13. The SMILES string of the molecule is COc1cc(N2CCN(C(=O)c3c(F)cccc3F)CC2)nc(OC)n1. The van der Waals surface area contributed by atoms with Crippen molar-refractivity contribution in [1.82, 2.24) is 14.9 Å². The lowest BCUT2D eigenvalue weighted by Crippen LogP contribution is -2.49. The minimum Gasteiger partial charge on any atom is -0.481 e. The number of hydrogen-bond acceptors (Lipinski definition) is 6. The van der Waals surface area contributed by atoms with E-state index in [0.29, 0.717) is 37.9 Å². The van der Waals surface area contributed by atoms with Crippen LogP contribution in [0, 0.1) is 11.6 Å². The number of carbonyl (C=O) groups excluding carboxylic acids is 1. The van der Waals surface area contributed by atoms with Crippen molar-refractivity contribution in [1.29, 1.82) is 0 Å². The smallest absolute Gasteiger partial charge is 0.321 e. The summed E-state index contributed by atoms with van der Waals surface area (Å²) >= 11 is 0. The summed E-state index contributed by atoms with van der Waals surface area (Å²) in [5.41, 5.74) is -0.522. The number of halogens is 2. The fourth-order valence-corrected chi connectivity index (χ4v) is 2.75. The van der Waals surface area contributed by atoms with Crippen molar-refractivity contribution in [2.75, 3.05) is 45.3 Å². The molecule has 0 aliphatic carbocycles. The highest BCUT2D eigenvalue weighted by Gasteiger charge is 2.27. The van der Waals surface area contributed by atoms with Gasteiger partial charge in [0.15, 0.2) is 0 Å². The van der Waals surface area contributed by atoms with Gasteiger partial charge in [-0.15, -0.1) is 0 Å². The van der Waals surface area contributed by atoms with Crippen molar-refractivity contribution in [3.8, 4) is 11.9 Å². The van der Waals surface area contributed by atoms with E-state index >= 15 is 0 Å². The molecule has 0 atom stereocenters. The Bertz CT molecular complexity index is 768. The quantitative estimate of drug-likeness (QED) is 0.823. The monoisotopic (exact) mass is 364 g/mol. The van der Waals surface area contributed by atoms with Crippen LogP contribution in [0.2, 0.25) is 0 Å². The molecule has 0 radical (unpaired) electrons. The Hall–Kier alpha value is -2.97. The van der Waals surface area contributed by atoms with Crippen molar-refractivity contribution in [3.63, 3.8) is 0 Å². The van der Waals surface area contributed by atoms with Gasteiger partial charge in [-0.3, -0.25) is 4.79 Å². The average Bonchev–Trinajstić information content (AvgIpc) is 2.67. The van der Waals surface area contributed by atoms with Gasteiger partial charge in [0.05, 0.1) is 14.2 Å². The largest absolute Gasteiger partial charge is 0.481 e. The molecule has 1 aromatic heterocycles. The molecular formula is C17H18F2N4O3. The van der Waals surface area contributed by atoms with Crippen LogP contribution in [0.25, 0.3) is 0 Å². The van der Waals surface area contributed by atoms with Crippen LogP contribution in [-0.4, -0.2) is 61.2 Å². The minimum atomic E-state index is -0.859. The summed E-state index contributed by atoms with van der Waals surface area (Å²) in [5, 5.41) is 0. The maximum atomic E-state index is 13.8. The van der Waals surface area contributed by atoms with Crippen LogP contribution in [0.4, 0.5) is 14.6 Å². The molecule has 0 unspecified atom stereocenters. The standard InChI is InChI=1S/C17H18F2N4O3/c1-25-14-10-13(20-17(21-14)26-2)22-6-8-23(9-7-22)16(24)15-11(18)4-3-5-12(15)19/h3-5,10H,6-9H2,1-2H3. The Morgan fingerprint density at radius 3 is 2.27 bits per heavy atom. The molecule has 138 valence electrons. The van der Waals surface area contributed by atoms with E-state index in [2.05, 4.69) is 9.97 Å². The zero-order valence-electron chi connectivity index (χ0n) is 14.4. The van der Waals surface area contributed by atoms with Gasteiger partial charge in [-0.1, -0.05) is 6.07 Å². The van der Waals surface area contributed by atoms with E-state index in [1.807, 2.05) is 4.90 Å². The summed E-state index contributed by atoms with van der Waals surface area (Å²) in [6, 6.07) is 5.22. The number of carbonyl (C=O) groups is 1.